The Morgan fingerprint density at radius 3 is 2.45 bits per heavy atom. The van der Waals surface area contributed by atoms with Crippen LogP contribution in [0, 0.1) is 5.92 Å². The number of carbonyl (C=O) groups excluding carboxylic acids is 3. The highest BCUT2D eigenvalue weighted by molar-refractivity contribution is 6.44. The van der Waals surface area contributed by atoms with Gasteiger partial charge in [-0.25, -0.2) is 9.69 Å². The molecule has 3 aliphatic rings. The molecule has 2 heterocycles. The van der Waals surface area contributed by atoms with Crippen molar-refractivity contribution in [3.8, 4) is 0 Å². The molecule has 0 radical (unpaired) electrons. The van der Waals surface area contributed by atoms with E-state index < -0.39 is 17.8 Å². The van der Waals surface area contributed by atoms with Gasteiger partial charge in [0.1, 0.15) is 0 Å². The first kappa shape index (κ1) is 13.5. The molecule has 0 aromatic heterocycles. The van der Waals surface area contributed by atoms with Crippen LogP contribution in [-0.2, 0) is 9.59 Å². The normalized spacial score (nSPS) is 34.6. The molecule has 110 valence electrons. The molecule has 4 amide bonds. The Hall–Kier alpha value is -1.43. The molecule has 1 unspecified atom stereocenters. The first-order chi connectivity index (χ1) is 9.59. The Labute approximate surface area is 118 Å². The zero-order valence-corrected chi connectivity index (χ0v) is 11.9. The van der Waals surface area contributed by atoms with E-state index in [4.69, 9.17) is 0 Å². The van der Waals surface area contributed by atoms with Crippen LogP contribution < -0.4 is 4.90 Å². The van der Waals surface area contributed by atoms with E-state index in [1.54, 1.807) is 0 Å². The third kappa shape index (κ3) is 2.12. The summed E-state index contributed by atoms with van der Waals surface area (Å²) in [5.41, 5.74) is 0. The van der Waals surface area contributed by atoms with Crippen molar-refractivity contribution in [1.82, 2.24) is 9.80 Å². The van der Waals surface area contributed by atoms with E-state index in [2.05, 4.69) is 0 Å². The number of nitrogens with zero attached hydrogens (tertiary/aromatic N) is 2. The molecule has 6 nitrogen and oxygen atoms in total. The van der Waals surface area contributed by atoms with Gasteiger partial charge in [-0.1, -0.05) is 6.42 Å². The summed E-state index contributed by atoms with van der Waals surface area (Å²) in [6.07, 6.45) is 7.42. The standard InChI is InChI=1S/C14H21N3O3/c1-15-12(18)13(19)17(14(15)20)9-16-8-4-6-10-5-2-3-7-11(10)16/h10-11H,2-9H2,1H3/p+1/t10-,11+/m1/s1. The highest BCUT2D eigenvalue weighted by Crippen LogP contribution is 2.28. The second-order valence-electron chi connectivity index (χ2n) is 6.24. The first-order valence-corrected chi connectivity index (χ1v) is 7.57. The van der Waals surface area contributed by atoms with E-state index in [1.807, 2.05) is 0 Å². The van der Waals surface area contributed by atoms with Crippen molar-refractivity contribution in [3.63, 3.8) is 0 Å². The van der Waals surface area contributed by atoms with Gasteiger partial charge in [-0.3, -0.25) is 14.5 Å². The summed E-state index contributed by atoms with van der Waals surface area (Å²) in [6, 6.07) is 0.0875. The summed E-state index contributed by atoms with van der Waals surface area (Å²) in [5, 5.41) is 0. The first-order valence-electron chi connectivity index (χ1n) is 7.57. The van der Waals surface area contributed by atoms with Crippen LogP contribution in [0.5, 0.6) is 0 Å². The molecule has 3 atom stereocenters. The lowest BCUT2D eigenvalue weighted by molar-refractivity contribution is -0.942. The summed E-state index contributed by atoms with van der Waals surface area (Å²) < 4.78 is 0. The van der Waals surface area contributed by atoms with Crippen LogP contribution in [0.25, 0.3) is 0 Å². The zero-order chi connectivity index (χ0) is 14.3. The summed E-state index contributed by atoms with van der Waals surface area (Å²) in [6.45, 7) is 1.35. The average molecular weight is 280 g/mol. The van der Waals surface area contributed by atoms with Crippen molar-refractivity contribution in [2.75, 3.05) is 20.3 Å². The van der Waals surface area contributed by atoms with Crippen molar-refractivity contribution in [2.24, 2.45) is 5.92 Å². The van der Waals surface area contributed by atoms with Crippen LogP contribution in [0.3, 0.4) is 0 Å². The molecule has 1 N–H and O–H groups in total. The minimum Gasteiger partial charge on any atom is -0.315 e. The molecular formula is C14H22N3O3+. The summed E-state index contributed by atoms with van der Waals surface area (Å²) in [4.78, 5) is 38.7. The summed E-state index contributed by atoms with van der Waals surface area (Å²) in [5.74, 6) is -0.636. The van der Waals surface area contributed by atoms with Gasteiger partial charge in [-0.2, -0.15) is 0 Å². The number of quaternary nitrogens is 1. The van der Waals surface area contributed by atoms with E-state index in [9.17, 15) is 14.4 Å². The molecular weight excluding hydrogens is 258 g/mol. The van der Waals surface area contributed by atoms with Gasteiger partial charge >= 0.3 is 17.8 Å². The van der Waals surface area contributed by atoms with Gasteiger partial charge in [0.05, 0.1) is 12.6 Å². The summed E-state index contributed by atoms with van der Waals surface area (Å²) in [7, 11) is 1.37. The molecule has 2 saturated heterocycles. The molecule has 0 aromatic rings. The number of likely N-dealkylation sites (tertiary alicyclic amines) is 1. The Bertz CT molecular complexity index is 449. The molecule has 6 heteroatoms. The smallest absolute Gasteiger partial charge is 0.315 e. The Kier molecular flexibility index (Phi) is 3.50. The zero-order valence-electron chi connectivity index (χ0n) is 11.9. The highest BCUT2D eigenvalue weighted by atomic mass is 16.2. The number of piperidine rings is 1. The quantitative estimate of drug-likeness (QED) is 0.553. The molecule has 3 fully saturated rings. The van der Waals surface area contributed by atoms with Crippen molar-refractivity contribution < 1.29 is 19.3 Å². The van der Waals surface area contributed by atoms with Gasteiger partial charge in [-0.15, -0.1) is 0 Å². The Morgan fingerprint density at radius 2 is 1.75 bits per heavy atom. The number of imide groups is 2. The molecule has 20 heavy (non-hydrogen) atoms. The number of urea groups is 1. The monoisotopic (exact) mass is 280 g/mol. The van der Waals surface area contributed by atoms with Gasteiger partial charge < -0.3 is 4.90 Å². The minimum absolute atomic E-state index is 0.356. The van der Waals surface area contributed by atoms with Gasteiger partial charge in [-0.05, 0) is 32.1 Å². The number of likely N-dealkylation sites (N-methyl/N-ethyl adjacent to an activating group) is 1. The second kappa shape index (κ2) is 5.16. The van der Waals surface area contributed by atoms with Crippen LogP contribution in [-0.4, -0.2) is 53.9 Å². The van der Waals surface area contributed by atoms with Crippen LogP contribution in [0.2, 0.25) is 0 Å². The number of hydrogen-bond acceptors (Lipinski definition) is 3. The van der Waals surface area contributed by atoms with E-state index in [0.29, 0.717) is 12.7 Å². The van der Waals surface area contributed by atoms with Crippen LogP contribution in [0.15, 0.2) is 0 Å². The van der Waals surface area contributed by atoms with Gasteiger partial charge in [0, 0.05) is 13.0 Å². The van der Waals surface area contributed by atoms with E-state index in [0.717, 1.165) is 28.7 Å². The largest absolute Gasteiger partial charge is 0.338 e. The fourth-order valence-electron chi connectivity index (χ4n) is 4.02. The fraction of sp³-hybridized carbons (Fsp3) is 0.786. The lowest BCUT2D eigenvalue weighted by atomic mass is 9.78. The van der Waals surface area contributed by atoms with Crippen LogP contribution in [0.4, 0.5) is 4.79 Å². The number of amides is 4. The maximum atomic E-state index is 12.0. The van der Waals surface area contributed by atoms with Crippen molar-refractivity contribution in [3.05, 3.63) is 0 Å². The lowest BCUT2D eigenvalue weighted by Gasteiger charge is -2.41. The van der Waals surface area contributed by atoms with Gasteiger partial charge in [0.2, 0.25) is 0 Å². The predicted octanol–water partition coefficient (Wildman–Crippen LogP) is -0.398. The number of fused-ring (bicyclic) bond motifs is 1. The molecule has 0 aromatic carbocycles. The fourth-order valence-corrected chi connectivity index (χ4v) is 4.02. The number of nitrogens with one attached hydrogen (secondary N) is 1. The SMILES string of the molecule is CN1C(=O)C(=O)N(C[NH+]2CCC[C@H]3CCCC[C@@H]32)C1=O. The maximum absolute atomic E-state index is 12.0. The number of rotatable bonds is 2. The molecule has 2 aliphatic heterocycles. The Morgan fingerprint density at radius 1 is 1.05 bits per heavy atom. The van der Waals surface area contributed by atoms with Crippen LogP contribution >= 0.6 is 0 Å². The Balaban J connectivity index is 1.72. The minimum atomic E-state index is -0.702. The third-order valence-electron chi connectivity index (χ3n) is 5.12. The summed E-state index contributed by atoms with van der Waals surface area (Å²) >= 11 is 0. The molecule has 1 aliphatic carbocycles. The maximum Gasteiger partial charge on any atom is 0.338 e. The number of carbonyl (C=O) groups is 3. The van der Waals surface area contributed by atoms with Crippen molar-refractivity contribution in [2.45, 2.75) is 44.6 Å². The lowest BCUT2D eigenvalue weighted by Crippen LogP contribution is -3.19. The van der Waals surface area contributed by atoms with Crippen LogP contribution in [0.1, 0.15) is 38.5 Å². The molecule has 1 saturated carbocycles. The number of hydrogen-bond donors (Lipinski definition) is 1. The third-order valence-corrected chi connectivity index (χ3v) is 5.12. The van der Waals surface area contributed by atoms with Gasteiger partial charge in [0.25, 0.3) is 0 Å². The second-order valence-corrected chi connectivity index (χ2v) is 6.24. The van der Waals surface area contributed by atoms with Gasteiger partial charge in [0.15, 0.2) is 6.67 Å². The van der Waals surface area contributed by atoms with E-state index >= 15 is 0 Å². The average Bonchev–Trinajstić information content (AvgIpc) is 2.65. The molecule has 0 spiro atoms. The van der Waals surface area contributed by atoms with E-state index in [-0.39, 0.29) is 0 Å². The predicted molar refractivity (Wildman–Crippen MR) is 70.7 cm³/mol. The van der Waals surface area contributed by atoms with Crippen molar-refractivity contribution >= 4 is 17.8 Å². The molecule has 3 rings (SSSR count). The topological polar surface area (TPSA) is 62.1 Å². The molecule has 0 bridgehead atoms. The van der Waals surface area contributed by atoms with E-state index in [1.165, 1.54) is 44.1 Å². The van der Waals surface area contributed by atoms with Crippen molar-refractivity contribution in [1.29, 1.82) is 0 Å². The highest BCUT2D eigenvalue weighted by Gasteiger charge is 2.46.